The molecule has 1 heterocycles. The summed E-state index contributed by atoms with van der Waals surface area (Å²) >= 11 is 1.46. The van der Waals surface area contributed by atoms with Gasteiger partial charge in [-0.05, 0) is 29.8 Å². The Morgan fingerprint density at radius 1 is 1.25 bits per heavy atom. The standard InChI is InChI=1S/C16H18N2O4S2/c1-18(2)24(20,21)14-7-8-15(17-10-14)23-11-12-5-4-6-13(9-12)16(19)22-3/h4-10H,11H2,1-3H3. The van der Waals surface area contributed by atoms with Crippen molar-refractivity contribution in [1.82, 2.24) is 9.29 Å². The normalized spacial score (nSPS) is 11.5. The molecule has 0 amide bonds. The van der Waals surface area contributed by atoms with Gasteiger partial charge in [-0.3, -0.25) is 0 Å². The van der Waals surface area contributed by atoms with E-state index < -0.39 is 10.0 Å². The summed E-state index contributed by atoms with van der Waals surface area (Å²) in [6.45, 7) is 0. The van der Waals surface area contributed by atoms with Crippen molar-refractivity contribution >= 4 is 27.8 Å². The van der Waals surface area contributed by atoms with Crippen LogP contribution in [-0.2, 0) is 20.5 Å². The fourth-order valence-corrected chi connectivity index (χ4v) is 3.51. The van der Waals surface area contributed by atoms with Gasteiger partial charge in [-0.15, -0.1) is 11.8 Å². The van der Waals surface area contributed by atoms with E-state index >= 15 is 0 Å². The second kappa shape index (κ2) is 7.78. The minimum Gasteiger partial charge on any atom is -0.465 e. The average Bonchev–Trinajstić information content (AvgIpc) is 2.59. The molecule has 0 aliphatic rings. The third kappa shape index (κ3) is 4.34. The molecule has 6 nitrogen and oxygen atoms in total. The third-order valence-corrected chi connectivity index (χ3v) is 6.04. The number of hydrogen-bond donors (Lipinski definition) is 0. The highest BCUT2D eigenvalue weighted by Crippen LogP contribution is 2.23. The highest BCUT2D eigenvalue weighted by atomic mass is 32.2. The van der Waals surface area contributed by atoms with Crippen LogP contribution < -0.4 is 0 Å². The summed E-state index contributed by atoms with van der Waals surface area (Å²) in [5, 5.41) is 0.705. The Balaban J connectivity index is 2.07. The van der Waals surface area contributed by atoms with Crippen LogP contribution in [0.4, 0.5) is 0 Å². The molecule has 0 aliphatic carbocycles. The number of methoxy groups -OCH3 is 1. The first-order valence-corrected chi connectivity index (χ1v) is 9.46. The van der Waals surface area contributed by atoms with Gasteiger partial charge in [-0.2, -0.15) is 0 Å². The van der Waals surface area contributed by atoms with Crippen LogP contribution in [0.3, 0.4) is 0 Å². The van der Waals surface area contributed by atoms with Crippen molar-refractivity contribution in [3.8, 4) is 0 Å². The Hall–Kier alpha value is -1.90. The molecule has 0 saturated carbocycles. The Kier molecular flexibility index (Phi) is 5.98. The van der Waals surface area contributed by atoms with E-state index in [9.17, 15) is 13.2 Å². The van der Waals surface area contributed by atoms with Crippen LogP contribution in [0.1, 0.15) is 15.9 Å². The summed E-state index contributed by atoms with van der Waals surface area (Å²) in [6, 6.07) is 10.4. The van der Waals surface area contributed by atoms with Crippen molar-refractivity contribution in [2.45, 2.75) is 15.7 Å². The summed E-state index contributed by atoms with van der Waals surface area (Å²) in [5.74, 6) is 0.232. The minimum atomic E-state index is -3.47. The van der Waals surface area contributed by atoms with Crippen molar-refractivity contribution < 1.29 is 17.9 Å². The molecule has 0 saturated heterocycles. The molecule has 0 radical (unpaired) electrons. The predicted octanol–water partition coefficient (Wildman–Crippen LogP) is 2.41. The minimum absolute atomic E-state index is 0.157. The predicted molar refractivity (Wildman–Crippen MR) is 92.5 cm³/mol. The lowest BCUT2D eigenvalue weighted by molar-refractivity contribution is 0.0600. The van der Waals surface area contributed by atoms with Crippen molar-refractivity contribution in [2.24, 2.45) is 0 Å². The Morgan fingerprint density at radius 3 is 2.58 bits per heavy atom. The molecule has 128 valence electrons. The van der Waals surface area contributed by atoms with Gasteiger partial charge in [-0.1, -0.05) is 12.1 Å². The number of carbonyl (C=O) groups is 1. The zero-order valence-corrected chi connectivity index (χ0v) is 15.2. The van der Waals surface area contributed by atoms with Crippen LogP contribution >= 0.6 is 11.8 Å². The van der Waals surface area contributed by atoms with E-state index in [1.54, 1.807) is 24.3 Å². The van der Waals surface area contributed by atoms with Gasteiger partial charge >= 0.3 is 5.97 Å². The quantitative estimate of drug-likeness (QED) is 0.577. The number of hydrogen-bond acceptors (Lipinski definition) is 6. The fourth-order valence-electron chi connectivity index (χ4n) is 1.88. The van der Waals surface area contributed by atoms with Gasteiger partial charge in [0, 0.05) is 26.0 Å². The number of ether oxygens (including phenoxy) is 1. The van der Waals surface area contributed by atoms with Crippen LogP contribution in [0.5, 0.6) is 0 Å². The van der Waals surface area contributed by atoms with Gasteiger partial charge in [0.2, 0.25) is 10.0 Å². The van der Waals surface area contributed by atoms with E-state index in [1.165, 1.54) is 45.2 Å². The monoisotopic (exact) mass is 366 g/mol. The zero-order chi connectivity index (χ0) is 17.7. The van der Waals surface area contributed by atoms with E-state index in [2.05, 4.69) is 4.98 Å². The van der Waals surface area contributed by atoms with Crippen LogP contribution in [0, 0.1) is 0 Å². The highest BCUT2D eigenvalue weighted by molar-refractivity contribution is 7.98. The number of esters is 1. The van der Waals surface area contributed by atoms with E-state index in [0.29, 0.717) is 16.3 Å². The number of carbonyl (C=O) groups excluding carboxylic acids is 1. The molecule has 1 aromatic heterocycles. The van der Waals surface area contributed by atoms with Crippen LogP contribution in [0.2, 0.25) is 0 Å². The summed E-state index contributed by atoms with van der Waals surface area (Å²) in [7, 11) is 0.833. The molecule has 0 unspecified atom stereocenters. The van der Waals surface area contributed by atoms with E-state index in [4.69, 9.17) is 4.74 Å². The Labute approximate surface area is 145 Å². The molecule has 0 fully saturated rings. The largest absolute Gasteiger partial charge is 0.465 e. The van der Waals surface area contributed by atoms with Crippen molar-refractivity contribution in [1.29, 1.82) is 0 Å². The Bertz CT molecular complexity index is 818. The van der Waals surface area contributed by atoms with Gasteiger partial charge in [-0.25, -0.2) is 22.5 Å². The molecule has 0 aliphatic heterocycles. The summed E-state index contributed by atoms with van der Waals surface area (Å²) < 4.78 is 29.8. The van der Waals surface area contributed by atoms with Gasteiger partial charge in [0.25, 0.3) is 0 Å². The molecule has 8 heteroatoms. The fraction of sp³-hybridized carbons (Fsp3) is 0.250. The van der Waals surface area contributed by atoms with Crippen LogP contribution in [0.15, 0.2) is 52.5 Å². The van der Waals surface area contributed by atoms with Gasteiger partial charge in [0.15, 0.2) is 0 Å². The maximum absolute atomic E-state index is 12.0. The topological polar surface area (TPSA) is 76.6 Å². The zero-order valence-electron chi connectivity index (χ0n) is 13.6. The summed E-state index contributed by atoms with van der Waals surface area (Å²) in [5.41, 5.74) is 1.45. The van der Waals surface area contributed by atoms with Crippen molar-refractivity contribution in [3.05, 3.63) is 53.7 Å². The molecule has 1 aromatic carbocycles. The molecule has 2 rings (SSSR count). The number of pyridine rings is 1. The summed E-state index contributed by atoms with van der Waals surface area (Å²) in [4.78, 5) is 15.9. The lowest BCUT2D eigenvalue weighted by atomic mass is 10.1. The number of thioether (sulfide) groups is 1. The Morgan fingerprint density at radius 2 is 2.00 bits per heavy atom. The average molecular weight is 366 g/mol. The number of rotatable bonds is 6. The van der Waals surface area contributed by atoms with E-state index in [0.717, 1.165) is 9.87 Å². The van der Waals surface area contributed by atoms with Gasteiger partial charge in [0.05, 0.1) is 17.7 Å². The van der Waals surface area contributed by atoms with Crippen molar-refractivity contribution in [2.75, 3.05) is 21.2 Å². The number of nitrogens with zero attached hydrogens (tertiary/aromatic N) is 2. The maximum Gasteiger partial charge on any atom is 0.337 e. The number of aromatic nitrogens is 1. The van der Waals surface area contributed by atoms with E-state index in [-0.39, 0.29) is 10.9 Å². The molecular weight excluding hydrogens is 348 g/mol. The first kappa shape index (κ1) is 18.4. The molecule has 0 N–H and O–H groups in total. The van der Waals surface area contributed by atoms with Crippen LogP contribution in [0.25, 0.3) is 0 Å². The maximum atomic E-state index is 12.0. The third-order valence-electron chi connectivity index (χ3n) is 3.22. The SMILES string of the molecule is COC(=O)c1cccc(CSc2ccc(S(=O)(=O)N(C)C)cn2)c1. The number of benzene rings is 1. The first-order chi connectivity index (χ1) is 11.3. The molecule has 24 heavy (non-hydrogen) atoms. The second-order valence-corrected chi connectivity index (χ2v) is 8.25. The number of sulfonamides is 1. The first-order valence-electron chi connectivity index (χ1n) is 7.03. The molecule has 0 spiro atoms. The van der Waals surface area contributed by atoms with Gasteiger partial charge in [0.1, 0.15) is 4.90 Å². The summed E-state index contributed by atoms with van der Waals surface area (Å²) in [6.07, 6.45) is 1.35. The van der Waals surface area contributed by atoms with Gasteiger partial charge < -0.3 is 4.74 Å². The second-order valence-electron chi connectivity index (χ2n) is 5.10. The van der Waals surface area contributed by atoms with Crippen molar-refractivity contribution in [3.63, 3.8) is 0 Å². The molecule has 0 atom stereocenters. The highest BCUT2D eigenvalue weighted by Gasteiger charge is 2.17. The molecule has 2 aromatic rings. The smallest absolute Gasteiger partial charge is 0.337 e. The molecule has 0 bridgehead atoms. The lowest BCUT2D eigenvalue weighted by Crippen LogP contribution is -2.22. The lowest BCUT2D eigenvalue weighted by Gasteiger charge is -2.11. The molecular formula is C16H18N2O4S2. The van der Waals surface area contributed by atoms with Crippen LogP contribution in [-0.4, -0.2) is 44.9 Å². The van der Waals surface area contributed by atoms with E-state index in [1.807, 2.05) is 6.07 Å².